The molecule has 0 saturated carbocycles. The molecule has 0 radical (unpaired) electrons. The second-order valence-electron chi connectivity index (χ2n) is 11.1. The Morgan fingerprint density at radius 3 is 1.86 bits per heavy atom. The molecule has 0 fully saturated rings. The topological polar surface area (TPSA) is 67.4 Å². The summed E-state index contributed by atoms with van der Waals surface area (Å²) in [6, 6.07) is -0.920. The minimum absolute atomic E-state index is 0.0564. The molecule has 1 amide bonds. The van der Waals surface area contributed by atoms with Gasteiger partial charge in [0.1, 0.15) is 14.3 Å². The van der Waals surface area contributed by atoms with Crippen molar-refractivity contribution in [2.24, 2.45) is 0 Å². The van der Waals surface area contributed by atoms with E-state index >= 15 is 0 Å². The van der Waals surface area contributed by atoms with Gasteiger partial charge in [0.2, 0.25) is 5.91 Å². The predicted molar refractivity (Wildman–Crippen MR) is 125 cm³/mol. The Morgan fingerprint density at radius 2 is 1.46 bits per heavy atom. The minimum atomic E-state index is -2.22. The Kier molecular flexibility index (Phi) is 9.66. The standard InChI is InChI=1S/C21H46N2O3Si2/c1-13-14-15-17(19(25)26-28(11,12)21(6,7)8)22-18(24)16(2)23-27(9,10)20(3,4)5/h16-17,23H,13-15H2,1-12H3,(H,22,24). The lowest BCUT2D eigenvalue weighted by Gasteiger charge is -2.39. The molecule has 0 bridgehead atoms. The van der Waals surface area contributed by atoms with E-state index in [9.17, 15) is 9.59 Å². The van der Waals surface area contributed by atoms with Crippen molar-refractivity contribution in [1.82, 2.24) is 10.3 Å². The molecule has 28 heavy (non-hydrogen) atoms. The van der Waals surface area contributed by atoms with Gasteiger partial charge >= 0.3 is 5.97 Å². The van der Waals surface area contributed by atoms with Crippen molar-refractivity contribution in [3.05, 3.63) is 0 Å². The summed E-state index contributed by atoms with van der Waals surface area (Å²) in [7, 11) is -4.04. The van der Waals surface area contributed by atoms with Crippen molar-refractivity contribution < 1.29 is 14.0 Å². The lowest BCUT2D eigenvalue weighted by atomic mass is 10.1. The molecule has 5 nitrogen and oxygen atoms in total. The average molecular weight is 431 g/mol. The van der Waals surface area contributed by atoms with E-state index in [0.29, 0.717) is 6.42 Å². The SMILES string of the molecule is CCCCC(NC(=O)C(C)N[Si](C)(C)C(C)(C)C)C(=O)O[Si](C)(C)C(C)(C)C. The van der Waals surface area contributed by atoms with Crippen LogP contribution in [0.1, 0.15) is 74.7 Å². The van der Waals surface area contributed by atoms with Gasteiger partial charge in [-0.1, -0.05) is 74.4 Å². The van der Waals surface area contributed by atoms with Gasteiger partial charge in [0.15, 0.2) is 0 Å². The largest absolute Gasteiger partial charge is 0.518 e. The van der Waals surface area contributed by atoms with E-state index < -0.39 is 22.6 Å². The number of rotatable bonds is 9. The highest BCUT2D eigenvalue weighted by Gasteiger charge is 2.42. The van der Waals surface area contributed by atoms with E-state index in [-0.39, 0.29) is 28.0 Å². The third-order valence-electron chi connectivity index (χ3n) is 6.45. The zero-order valence-electron chi connectivity index (χ0n) is 20.5. The average Bonchev–Trinajstić information content (AvgIpc) is 2.47. The first kappa shape index (κ1) is 27.3. The molecule has 0 saturated heterocycles. The second-order valence-corrected chi connectivity index (χ2v) is 20.9. The normalized spacial score (nSPS) is 15.7. The number of carbonyl (C=O) groups is 2. The van der Waals surface area contributed by atoms with Gasteiger partial charge in [0.05, 0.1) is 6.04 Å². The molecule has 2 atom stereocenters. The number of hydrogen-bond donors (Lipinski definition) is 2. The Morgan fingerprint density at radius 1 is 0.964 bits per heavy atom. The van der Waals surface area contributed by atoms with Crippen LogP contribution in [0.2, 0.25) is 36.3 Å². The third kappa shape index (κ3) is 7.99. The van der Waals surface area contributed by atoms with Crippen LogP contribution in [0.25, 0.3) is 0 Å². The molecule has 0 aromatic rings. The number of hydrogen-bond acceptors (Lipinski definition) is 4. The first-order valence-corrected chi connectivity index (χ1v) is 16.6. The maximum absolute atomic E-state index is 12.9. The van der Waals surface area contributed by atoms with Crippen LogP contribution >= 0.6 is 0 Å². The Hall–Kier alpha value is -0.666. The van der Waals surface area contributed by atoms with Gasteiger partial charge in [-0.25, -0.2) is 0 Å². The fraction of sp³-hybridized carbons (Fsp3) is 0.905. The van der Waals surface area contributed by atoms with Crippen LogP contribution in [0, 0.1) is 0 Å². The van der Waals surface area contributed by atoms with Gasteiger partial charge in [-0.15, -0.1) is 0 Å². The summed E-state index contributed by atoms with van der Waals surface area (Å²) in [6.07, 6.45) is 2.46. The Bertz CT molecular complexity index is 535. The van der Waals surface area contributed by atoms with Gasteiger partial charge in [0, 0.05) is 0 Å². The summed E-state index contributed by atoms with van der Waals surface area (Å²) >= 11 is 0. The van der Waals surface area contributed by atoms with Gasteiger partial charge in [-0.05, 0) is 36.5 Å². The van der Waals surface area contributed by atoms with Crippen molar-refractivity contribution in [1.29, 1.82) is 0 Å². The summed E-state index contributed by atoms with van der Waals surface area (Å²) in [5, 5.41) is 3.04. The molecule has 2 N–H and O–H groups in total. The monoisotopic (exact) mass is 430 g/mol. The lowest BCUT2D eigenvalue weighted by molar-refractivity contribution is -0.140. The van der Waals surface area contributed by atoms with E-state index in [1.165, 1.54) is 0 Å². The molecule has 2 unspecified atom stereocenters. The molecule has 0 heterocycles. The molecule has 0 aromatic carbocycles. The van der Waals surface area contributed by atoms with Crippen molar-refractivity contribution >= 4 is 28.4 Å². The molecule has 0 spiro atoms. The molecule has 0 aliphatic heterocycles. The van der Waals surface area contributed by atoms with Crippen LogP contribution in [0.3, 0.4) is 0 Å². The molecular weight excluding hydrogens is 384 g/mol. The van der Waals surface area contributed by atoms with Gasteiger partial charge in [-0.3, -0.25) is 9.59 Å². The summed E-state index contributed by atoms with van der Waals surface area (Å²) in [6.45, 7) is 25.5. The van der Waals surface area contributed by atoms with Crippen molar-refractivity contribution in [2.45, 2.75) is 123 Å². The van der Waals surface area contributed by atoms with Crippen molar-refractivity contribution in [2.75, 3.05) is 0 Å². The number of unbranched alkanes of at least 4 members (excludes halogenated alkanes) is 1. The first-order valence-electron chi connectivity index (χ1n) is 10.7. The fourth-order valence-corrected chi connectivity index (χ4v) is 4.85. The summed E-state index contributed by atoms with van der Waals surface area (Å²) < 4.78 is 5.97. The molecule has 0 rings (SSSR count). The zero-order chi connectivity index (χ0) is 22.6. The van der Waals surface area contributed by atoms with Crippen LogP contribution in [0.15, 0.2) is 0 Å². The molecule has 166 valence electrons. The predicted octanol–water partition coefficient (Wildman–Crippen LogP) is 5.19. The summed E-state index contributed by atoms with van der Waals surface area (Å²) in [5.41, 5.74) is 0. The molecule has 0 aromatic heterocycles. The Balaban J connectivity index is 5.23. The summed E-state index contributed by atoms with van der Waals surface area (Å²) in [5.74, 6) is -0.411. The van der Waals surface area contributed by atoms with Crippen LogP contribution < -0.4 is 10.3 Å². The van der Waals surface area contributed by atoms with Gasteiger partial charge in [0.25, 0.3) is 8.32 Å². The van der Waals surface area contributed by atoms with Crippen LogP contribution in [0.5, 0.6) is 0 Å². The van der Waals surface area contributed by atoms with E-state index in [0.717, 1.165) is 12.8 Å². The van der Waals surface area contributed by atoms with E-state index in [4.69, 9.17) is 4.43 Å². The van der Waals surface area contributed by atoms with Crippen LogP contribution in [-0.4, -0.2) is 40.5 Å². The molecule has 0 aliphatic rings. The highest BCUT2D eigenvalue weighted by Crippen LogP contribution is 2.37. The van der Waals surface area contributed by atoms with E-state index in [2.05, 4.69) is 85.0 Å². The van der Waals surface area contributed by atoms with Crippen molar-refractivity contribution in [3.63, 3.8) is 0 Å². The number of carbonyl (C=O) groups excluding carboxylic acids is 2. The van der Waals surface area contributed by atoms with Gasteiger partial charge < -0.3 is 14.7 Å². The second kappa shape index (κ2) is 9.89. The zero-order valence-corrected chi connectivity index (χ0v) is 22.5. The third-order valence-corrected chi connectivity index (χ3v) is 15.7. The molecular formula is C21H46N2O3Si2. The van der Waals surface area contributed by atoms with Gasteiger partial charge in [-0.2, -0.15) is 0 Å². The smallest absolute Gasteiger partial charge is 0.315 e. The Labute approximate surface area is 176 Å². The first-order chi connectivity index (χ1) is 12.4. The van der Waals surface area contributed by atoms with Crippen molar-refractivity contribution in [3.8, 4) is 0 Å². The number of nitrogens with one attached hydrogen (secondary N) is 2. The number of amides is 1. The molecule has 7 heteroatoms. The maximum atomic E-state index is 12.9. The van der Waals surface area contributed by atoms with Crippen LogP contribution in [0.4, 0.5) is 0 Å². The lowest BCUT2D eigenvalue weighted by Crippen LogP contribution is -2.60. The minimum Gasteiger partial charge on any atom is -0.518 e. The van der Waals surface area contributed by atoms with Crippen LogP contribution in [-0.2, 0) is 14.0 Å². The highest BCUT2D eigenvalue weighted by atomic mass is 28.4. The highest BCUT2D eigenvalue weighted by molar-refractivity contribution is 6.78. The van der Waals surface area contributed by atoms with E-state index in [1.807, 2.05) is 6.92 Å². The fourth-order valence-electron chi connectivity index (χ4n) is 2.25. The maximum Gasteiger partial charge on any atom is 0.315 e. The van der Waals surface area contributed by atoms with E-state index in [1.54, 1.807) is 0 Å². The molecule has 0 aliphatic carbocycles. The quantitative estimate of drug-likeness (QED) is 0.494. The summed E-state index contributed by atoms with van der Waals surface area (Å²) in [4.78, 5) is 29.3.